The molecule has 3 aromatic carbocycles. The number of anilines is 2. The normalized spacial score (nSPS) is 13.2. The Kier molecular flexibility index (Phi) is 16.4. The zero-order chi connectivity index (χ0) is 43.0. The standard InChI is InChI=1S/C23H26N6O21S7/c1-12-19(24)21(28-26-15-4-3-14(11-17(15)55(36,37)38)54(34,35)9-7-46-57(42,43)44)20(25)22(23(12)51-49-47-30)29-27-16-5-2-13(10-18(16)56(39,40)41)53(32,33)8-6-45-52-50-48-31/h2-5,10-11,30-31H,6-9,24-25H2,1H3,(H,36,37,38)(H,39,40,41)(H,42,43,44)/b28-26+,29-27+. The van der Waals surface area contributed by atoms with Crippen LogP contribution in [0.15, 0.2) is 81.3 Å². The number of hydrogen-bond acceptors (Lipinski definition) is 26. The van der Waals surface area contributed by atoms with Crippen molar-refractivity contribution in [2.45, 2.75) is 31.4 Å². The lowest BCUT2D eigenvalue weighted by Gasteiger charge is -2.15. The summed E-state index contributed by atoms with van der Waals surface area (Å²) in [6, 6.07) is 4.30. The van der Waals surface area contributed by atoms with Crippen LogP contribution >= 0.6 is 24.4 Å². The van der Waals surface area contributed by atoms with E-state index in [-0.39, 0.29) is 40.5 Å². The Bertz CT molecular complexity index is 2610. The molecule has 0 heterocycles. The van der Waals surface area contributed by atoms with Gasteiger partial charge in [-0.1, -0.05) is 10.1 Å². The van der Waals surface area contributed by atoms with Crippen LogP contribution in [0.5, 0.6) is 0 Å². The van der Waals surface area contributed by atoms with Crippen LogP contribution in [0, 0.1) is 6.92 Å². The average Bonchev–Trinajstić information content (AvgIpc) is 3.10. The van der Waals surface area contributed by atoms with E-state index in [1.807, 2.05) is 0 Å². The quantitative estimate of drug-likeness (QED) is 0.0153. The summed E-state index contributed by atoms with van der Waals surface area (Å²) in [5.74, 6) is -1.82. The molecule has 0 unspecified atom stereocenters. The van der Waals surface area contributed by atoms with Crippen molar-refractivity contribution in [1.29, 1.82) is 0 Å². The molecule has 0 amide bonds. The zero-order valence-electron chi connectivity index (χ0n) is 27.9. The molecule has 0 aliphatic heterocycles. The summed E-state index contributed by atoms with van der Waals surface area (Å²) < 4.78 is 167. The Balaban J connectivity index is 2.14. The highest BCUT2D eigenvalue weighted by Gasteiger charge is 2.26. The van der Waals surface area contributed by atoms with Gasteiger partial charge in [0.2, 0.25) is 0 Å². The predicted molar refractivity (Wildman–Crippen MR) is 191 cm³/mol. The Hall–Kier alpha value is -3.53. The molecule has 0 aliphatic carbocycles. The second-order valence-corrected chi connectivity index (χ2v) is 19.5. The number of nitrogens with zero attached hydrogens (tertiary/aromatic N) is 4. The van der Waals surface area contributed by atoms with E-state index in [1.54, 1.807) is 0 Å². The minimum Gasteiger partial charge on any atom is -0.397 e. The van der Waals surface area contributed by atoms with E-state index in [0.717, 1.165) is 24.3 Å². The maximum absolute atomic E-state index is 12.8. The highest BCUT2D eigenvalue weighted by atomic mass is 32.3. The maximum atomic E-state index is 12.8. The molecule has 27 nitrogen and oxygen atoms in total. The number of nitrogens with two attached hydrogens (primary N) is 2. The molecule has 0 fully saturated rings. The van der Waals surface area contributed by atoms with Gasteiger partial charge in [0, 0.05) is 0 Å². The number of sulfone groups is 2. The van der Waals surface area contributed by atoms with Gasteiger partial charge in [0.15, 0.2) is 32.0 Å². The second-order valence-electron chi connectivity index (χ2n) is 10.2. The van der Waals surface area contributed by atoms with Crippen LogP contribution in [0.3, 0.4) is 0 Å². The van der Waals surface area contributed by atoms with Crippen LogP contribution in [0.25, 0.3) is 0 Å². The van der Waals surface area contributed by atoms with Crippen molar-refractivity contribution >= 4 is 109 Å². The lowest BCUT2D eigenvalue weighted by atomic mass is 10.1. The van der Waals surface area contributed by atoms with Gasteiger partial charge < -0.3 is 11.5 Å². The first-order valence-corrected chi connectivity index (χ1v) is 23.1. The van der Waals surface area contributed by atoms with Crippen molar-refractivity contribution < 1.29 is 93.4 Å². The molecule has 0 aromatic heterocycles. The summed E-state index contributed by atoms with van der Waals surface area (Å²) in [7, 11) is -24.3. The van der Waals surface area contributed by atoms with E-state index in [4.69, 9.17) is 30.7 Å². The fourth-order valence-electron chi connectivity index (χ4n) is 4.07. The minimum absolute atomic E-state index is 0.0227. The first-order chi connectivity index (χ1) is 26.3. The first kappa shape index (κ1) is 47.8. The van der Waals surface area contributed by atoms with E-state index in [0.29, 0.717) is 12.1 Å². The van der Waals surface area contributed by atoms with Crippen LogP contribution in [-0.4, -0.2) is 91.0 Å². The Morgan fingerprint density at radius 1 is 0.649 bits per heavy atom. The van der Waals surface area contributed by atoms with Crippen LogP contribution in [-0.2, 0) is 77.4 Å². The highest BCUT2D eigenvalue weighted by Crippen LogP contribution is 2.49. The van der Waals surface area contributed by atoms with Gasteiger partial charge in [-0.25, -0.2) is 31.5 Å². The molecule has 9 N–H and O–H groups in total. The van der Waals surface area contributed by atoms with E-state index < -0.39 is 123 Å². The fraction of sp³-hybridized carbons (Fsp3) is 0.217. The van der Waals surface area contributed by atoms with Gasteiger partial charge in [-0.2, -0.15) is 25.3 Å². The molecule has 0 bridgehead atoms. The van der Waals surface area contributed by atoms with Gasteiger partial charge >= 0.3 is 10.4 Å². The summed E-state index contributed by atoms with van der Waals surface area (Å²) in [5.41, 5.74) is 9.16. The van der Waals surface area contributed by atoms with Gasteiger partial charge in [0.25, 0.3) is 20.2 Å². The molecule has 34 heteroatoms. The molecular weight excluding hydrogens is 921 g/mol. The van der Waals surface area contributed by atoms with Gasteiger partial charge in [0.1, 0.15) is 32.5 Å². The van der Waals surface area contributed by atoms with E-state index in [1.165, 1.54) is 6.92 Å². The number of azo groups is 2. The molecule has 0 radical (unpaired) electrons. The summed E-state index contributed by atoms with van der Waals surface area (Å²) in [6.07, 6.45) is 0. The van der Waals surface area contributed by atoms with Gasteiger partial charge in [0.05, 0.1) is 62.8 Å². The molecule has 57 heavy (non-hydrogen) atoms. The van der Waals surface area contributed by atoms with Crippen molar-refractivity contribution in [3.63, 3.8) is 0 Å². The molecular formula is C23H26N6O21S7. The third-order valence-electron chi connectivity index (χ3n) is 6.65. The number of nitrogen functional groups attached to an aromatic ring is 2. The Labute approximate surface area is 330 Å². The summed E-state index contributed by atoms with van der Waals surface area (Å²) >= 11 is 0.310. The average molecular weight is 947 g/mol. The van der Waals surface area contributed by atoms with Crippen molar-refractivity contribution in [3.8, 4) is 0 Å². The largest absolute Gasteiger partial charge is 0.397 e. The molecule has 316 valence electrons. The Morgan fingerprint density at radius 3 is 1.58 bits per heavy atom. The zero-order valence-corrected chi connectivity index (χ0v) is 33.6. The molecule has 0 spiro atoms. The summed E-state index contributed by atoms with van der Waals surface area (Å²) in [6.45, 7) is -0.304. The van der Waals surface area contributed by atoms with Crippen LogP contribution in [0.1, 0.15) is 5.56 Å². The van der Waals surface area contributed by atoms with Gasteiger partial charge in [-0.3, -0.25) is 17.8 Å². The van der Waals surface area contributed by atoms with E-state index >= 15 is 0 Å². The molecule has 3 rings (SSSR count). The molecule has 0 atom stereocenters. The third kappa shape index (κ3) is 13.2. The van der Waals surface area contributed by atoms with Gasteiger partial charge in [-0.15, -0.1) is 29.1 Å². The molecule has 0 aliphatic rings. The first-order valence-electron chi connectivity index (χ1n) is 14.1. The summed E-state index contributed by atoms with van der Waals surface area (Å²) in [4.78, 5) is -3.77. The maximum Gasteiger partial charge on any atom is 0.397 e. The lowest BCUT2D eigenvalue weighted by molar-refractivity contribution is -0.434. The monoisotopic (exact) mass is 946 g/mol. The summed E-state index contributed by atoms with van der Waals surface area (Å²) in [5, 5.41) is 38.8. The van der Waals surface area contributed by atoms with Gasteiger partial charge in [-0.05, 0) is 48.9 Å². The van der Waals surface area contributed by atoms with Crippen molar-refractivity contribution in [2.75, 3.05) is 36.2 Å². The SMILES string of the molecule is Cc1c(N)c(/N=N/c2ccc(S(=O)(=O)CCOS(=O)(=O)O)cc2S(=O)(=O)O)c(N)c(/N=N/c2ccc(S(=O)(=O)CCOSOOO)cc2S(=O)(=O)O)c1SOOO. The predicted octanol–water partition coefficient (Wildman–Crippen LogP) is 3.28. The molecule has 0 saturated heterocycles. The van der Waals surface area contributed by atoms with Crippen LogP contribution < -0.4 is 11.5 Å². The van der Waals surface area contributed by atoms with Crippen molar-refractivity contribution in [1.82, 2.24) is 0 Å². The molecule has 0 saturated carbocycles. The van der Waals surface area contributed by atoms with Crippen LogP contribution in [0.4, 0.5) is 34.1 Å². The van der Waals surface area contributed by atoms with E-state index in [2.05, 4.69) is 43.4 Å². The second kappa shape index (κ2) is 19.5. The topological polar surface area (TPSA) is 429 Å². The Morgan fingerprint density at radius 2 is 1.12 bits per heavy atom. The lowest BCUT2D eigenvalue weighted by Crippen LogP contribution is -2.16. The number of hydrogen-bond donors (Lipinski definition) is 7. The minimum atomic E-state index is -5.27. The highest BCUT2D eigenvalue weighted by molar-refractivity contribution is 7.94. The molecule has 3 aromatic rings. The third-order valence-corrected chi connectivity index (χ3v) is 13.4. The fourth-order valence-corrected chi connectivity index (χ4v) is 9.03. The van der Waals surface area contributed by atoms with Crippen molar-refractivity contribution in [2.24, 2.45) is 20.5 Å². The van der Waals surface area contributed by atoms with Crippen molar-refractivity contribution in [3.05, 3.63) is 42.0 Å². The smallest absolute Gasteiger partial charge is 0.397 e. The number of rotatable bonds is 21. The van der Waals surface area contributed by atoms with E-state index in [9.17, 15) is 51.2 Å². The van der Waals surface area contributed by atoms with Crippen LogP contribution in [0.2, 0.25) is 0 Å². The number of benzene rings is 3.